The maximum atomic E-state index is 13.4. The first-order chi connectivity index (χ1) is 11.9. The first kappa shape index (κ1) is 20.2. The molecule has 0 unspecified atom stereocenters. The van der Waals surface area contributed by atoms with Gasteiger partial charge in [-0.2, -0.15) is 22.7 Å². The molecule has 2 rings (SSSR count). The zero-order valence-electron chi connectivity index (χ0n) is 15.1. The average Bonchev–Trinajstić information content (AvgIpc) is 2.95. The van der Waals surface area contributed by atoms with Gasteiger partial charge < -0.3 is 4.74 Å². The number of rotatable bonds is 4. The summed E-state index contributed by atoms with van der Waals surface area (Å²) in [4.78, 5) is 0. The Morgan fingerprint density at radius 3 is 2.46 bits per heavy atom. The van der Waals surface area contributed by atoms with Crippen LogP contribution >= 0.6 is 0 Å². The Morgan fingerprint density at radius 2 is 1.92 bits per heavy atom. The van der Waals surface area contributed by atoms with Crippen molar-refractivity contribution in [3.8, 4) is 11.4 Å². The van der Waals surface area contributed by atoms with Gasteiger partial charge >= 0.3 is 6.18 Å². The summed E-state index contributed by atoms with van der Waals surface area (Å²) in [6.07, 6.45) is -2.51. The van der Waals surface area contributed by atoms with Crippen molar-refractivity contribution in [3.05, 3.63) is 41.2 Å². The summed E-state index contributed by atoms with van der Waals surface area (Å²) in [7, 11) is -0.246. The number of aromatic nitrogens is 2. The minimum absolute atomic E-state index is 0.264. The van der Waals surface area contributed by atoms with Crippen molar-refractivity contribution >= 4 is 17.2 Å². The molecule has 0 N–H and O–H groups in total. The second kappa shape index (κ2) is 7.22. The summed E-state index contributed by atoms with van der Waals surface area (Å²) < 4.78 is 61.6. The highest BCUT2D eigenvalue weighted by molar-refractivity contribution is 7.85. The van der Waals surface area contributed by atoms with Crippen LogP contribution in [0.1, 0.15) is 37.6 Å². The molecular formula is C17H20F3N3O2S. The van der Waals surface area contributed by atoms with Crippen LogP contribution in [0.3, 0.4) is 0 Å². The van der Waals surface area contributed by atoms with Crippen LogP contribution in [0, 0.1) is 6.92 Å². The topological polar surface area (TPSA) is 56.5 Å². The maximum Gasteiger partial charge on any atom is 0.435 e. The number of hydrogen-bond acceptors (Lipinski definition) is 3. The van der Waals surface area contributed by atoms with Crippen molar-refractivity contribution < 1.29 is 22.1 Å². The van der Waals surface area contributed by atoms with Crippen LogP contribution in [0.25, 0.3) is 5.69 Å². The first-order valence-electron chi connectivity index (χ1n) is 7.72. The predicted molar refractivity (Wildman–Crippen MR) is 95.3 cm³/mol. The number of para-hydroxylation sites is 1. The first-order valence-corrected chi connectivity index (χ1v) is 8.82. The molecule has 0 fully saturated rings. The lowest BCUT2D eigenvalue weighted by atomic mass is 10.2. The van der Waals surface area contributed by atoms with Crippen LogP contribution in [0.5, 0.6) is 5.75 Å². The van der Waals surface area contributed by atoms with E-state index >= 15 is 0 Å². The van der Waals surface area contributed by atoms with Gasteiger partial charge in [0.2, 0.25) is 0 Å². The van der Waals surface area contributed by atoms with E-state index in [9.17, 15) is 17.4 Å². The van der Waals surface area contributed by atoms with Crippen LogP contribution in [0.4, 0.5) is 13.2 Å². The van der Waals surface area contributed by atoms with Gasteiger partial charge in [0.1, 0.15) is 22.4 Å². The summed E-state index contributed by atoms with van der Waals surface area (Å²) >= 11 is 0. The van der Waals surface area contributed by atoms with Gasteiger partial charge in [0.15, 0.2) is 5.69 Å². The Morgan fingerprint density at radius 1 is 1.27 bits per heavy atom. The lowest BCUT2D eigenvalue weighted by Gasteiger charge is -2.12. The molecule has 2 aromatic rings. The number of hydrogen-bond donors (Lipinski definition) is 0. The molecule has 0 aliphatic carbocycles. The lowest BCUT2D eigenvalue weighted by Crippen LogP contribution is -2.19. The number of alkyl halides is 3. The Hall–Kier alpha value is -2.16. The van der Waals surface area contributed by atoms with Crippen LogP contribution in [0.2, 0.25) is 0 Å². The molecule has 1 aromatic carbocycles. The van der Waals surface area contributed by atoms with E-state index in [4.69, 9.17) is 4.74 Å². The molecule has 0 saturated carbocycles. The molecule has 0 saturated heterocycles. The van der Waals surface area contributed by atoms with Crippen LogP contribution in [-0.2, 0) is 17.2 Å². The Balaban J connectivity index is 2.59. The van der Waals surface area contributed by atoms with Crippen molar-refractivity contribution in [1.82, 2.24) is 9.78 Å². The van der Waals surface area contributed by atoms with Gasteiger partial charge in [-0.25, -0.2) is 8.89 Å². The molecule has 1 atom stereocenters. The standard InChI is InChI=1S/C17H20F3N3O2S/c1-11-7-6-8-13(25-5)14(11)23-10-12(15(22-23)17(18,19)20)9-21-26(24)16(2,3)4/h6-10H,1-5H3/b21-9-/t26-/m1/s1. The van der Waals surface area contributed by atoms with Gasteiger partial charge in [-0.3, -0.25) is 0 Å². The van der Waals surface area contributed by atoms with Gasteiger partial charge in [0, 0.05) is 18.0 Å². The second-order valence-electron chi connectivity index (χ2n) is 6.60. The SMILES string of the molecule is COc1cccc(C)c1-n1cc(/C=N\[S@](=O)C(C)(C)C)c(C(F)(F)F)n1. The van der Waals surface area contributed by atoms with E-state index in [1.54, 1.807) is 45.9 Å². The minimum Gasteiger partial charge on any atom is -0.494 e. The number of ether oxygens (including phenoxy) is 1. The largest absolute Gasteiger partial charge is 0.494 e. The van der Waals surface area contributed by atoms with Gasteiger partial charge in [-0.1, -0.05) is 12.1 Å². The fraction of sp³-hybridized carbons (Fsp3) is 0.412. The predicted octanol–water partition coefficient (Wildman–Crippen LogP) is 4.09. The molecule has 0 aliphatic heterocycles. The van der Waals surface area contributed by atoms with Gasteiger partial charge in [-0.05, 0) is 39.3 Å². The second-order valence-corrected chi connectivity index (χ2v) is 8.53. The summed E-state index contributed by atoms with van der Waals surface area (Å²) in [6, 6.07) is 5.12. The van der Waals surface area contributed by atoms with Crippen LogP contribution in [-0.4, -0.2) is 32.1 Å². The molecule has 0 spiro atoms. The number of nitrogens with zero attached hydrogens (tertiary/aromatic N) is 3. The molecule has 1 heterocycles. The monoisotopic (exact) mass is 387 g/mol. The van der Waals surface area contributed by atoms with E-state index < -0.39 is 27.6 Å². The minimum atomic E-state index is -4.67. The summed E-state index contributed by atoms with van der Waals surface area (Å²) in [5, 5.41) is 3.68. The zero-order valence-corrected chi connectivity index (χ0v) is 15.9. The van der Waals surface area contributed by atoms with Gasteiger partial charge in [0.05, 0.1) is 11.9 Å². The molecule has 5 nitrogen and oxygen atoms in total. The third-order valence-electron chi connectivity index (χ3n) is 3.47. The van der Waals surface area contributed by atoms with Gasteiger partial charge in [-0.15, -0.1) is 0 Å². The third kappa shape index (κ3) is 4.32. The fourth-order valence-electron chi connectivity index (χ4n) is 2.17. The molecule has 26 heavy (non-hydrogen) atoms. The smallest absolute Gasteiger partial charge is 0.435 e. The van der Waals surface area contributed by atoms with Crippen molar-refractivity contribution in [2.75, 3.05) is 7.11 Å². The summed E-state index contributed by atoms with van der Waals surface area (Å²) in [5.41, 5.74) is -0.266. The van der Waals surface area contributed by atoms with E-state index in [1.165, 1.54) is 13.3 Å². The molecule has 142 valence electrons. The number of halogens is 3. The van der Waals surface area contributed by atoms with E-state index in [0.29, 0.717) is 17.0 Å². The summed E-state index contributed by atoms with van der Waals surface area (Å²) in [6.45, 7) is 6.81. The third-order valence-corrected chi connectivity index (χ3v) is 4.82. The van der Waals surface area contributed by atoms with Crippen LogP contribution in [0.15, 0.2) is 28.8 Å². The van der Waals surface area contributed by atoms with Crippen molar-refractivity contribution in [2.45, 2.75) is 38.6 Å². The van der Waals surface area contributed by atoms with E-state index in [0.717, 1.165) is 10.9 Å². The molecule has 0 bridgehead atoms. The maximum absolute atomic E-state index is 13.4. The molecule has 1 aromatic heterocycles. The van der Waals surface area contributed by atoms with Crippen LogP contribution < -0.4 is 4.74 Å². The Labute approximate surface area is 152 Å². The number of aryl methyl sites for hydroxylation is 1. The molecule has 0 amide bonds. The quantitative estimate of drug-likeness (QED) is 0.743. The van der Waals surface area contributed by atoms with E-state index in [1.807, 2.05) is 0 Å². The number of benzene rings is 1. The zero-order chi connectivity index (χ0) is 19.7. The molecule has 0 radical (unpaired) electrons. The Bertz CT molecular complexity index is 852. The van der Waals surface area contributed by atoms with Crippen molar-refractivity contribution in [3.63, 3.8) is 0 Å². The van der Waals surface area contributed by atoms with E-state index in [2.05, 4.69) is 9.50 Å². The fourth-order valence-corrected chi connectivity index (χ4v) is 2.70. The van der Waals surface area contributed by atoms with E-state index in [-0.39, 0.29) is 5.56 Å². The molecular weight excluding hydrogens is 367 g/mol. The van der Waals surface area contributed by atoms with Gasteiger partial charge in [0.25, 0.3) is 0 Å². The normalized spacial score (nSPS) is 14.0. The van der Waals surface area contributed by atoms with Crippen molar-refractivity contribution in [1.29, 1.82) is 0 Å². The Kier molecular flexibility index (Phi) is 5.60. The highest BCUT2D eigenvalue weighted by Crippen LogP contribution is 2.33. The lowest BCUT2D eigenvalue weighted by molar-refractivity contribution is -0.141. The molecule has 0 aliphatic rings. The molecule has 9 heteroatoms. The number of methoxy groups -OCH3 is 1. The highest BCUT2D eigenvalue weighted by Gasteiger charge is 2.37. The van der Waals surface area contributed by atoms with Crippen molar-refractivity contribution in [2.24, 2.45) is 4.40 Å². The highest BCUT2D eigenvalue weighted by atomic mass is 32.2. The summed E-state index contributed by atoms with van der Waals surface area (Å²) in [5.74, 6) is 0.392. The average molecular weight is 387 g/mol.